The molecule has 0 fully saturated rings. The summed E-state index contributed by atoms with van der Waals surface area (Å²) in [6.07, 6.45) is -0.112. The van der Waals surface area contributed by atoms with Gasteiger partial charge < -0.3 is 16.4 Å². The van der Waals surface area contributed by atoms with Crippen LogP contribution in [0.15, 0.2) is 58.5 Å². The average Bonchev–Trinajstić information content (AvgIpc) is 2.95. The highest BCUT2D eigenvalue weighted by Crippen LogP contribution is 2.15. The van der Waals surface area contributed by atoms with E-state index in [9.17, 15) is 9.59 Å². The van der Waals surface area contributed by atoms with E-state index in [1.807, 2.05) is 31.2 Å². The molecule has 0 saturated heterocycles. The van der Waals surface area contributed by atoms with E-state index >= 15 is 0 Å². The molecule has 1 atom stereocenters. The highest BCUT2D eigenvalue weighted by molar-refractivity contribution is 6.30. The molecule has 2 aromatic rings. The van der Waals surface area contributed by atoms with Gasteiger partial charge in [0.1, 0.15) is 6.04 Å². The SMILES string of the molecule is Cc1cccc(N/C(N)=N/C2=NC(CC(=O)Nc3ccc(Cl)cc3)C(=O)N2)c1. The molecule has 1 heterocycles. The van der Waals surface area contributed by atoms with E-state index in [1.54, 1.807) is 24.3 Å². The number of hydrogen-bond donors (Lipinski definition) is 4. The zero-order valence-corrected chi connectivity index (χ0v) is 15.8. The molecule has 1 unspecified atom stereocenters. The summed E-state index contributed by atoms with van der Waals surface area (Å²) in [6, 6.07) is 13.4. The first-order chi connectivity index (χ1) is 13.4. The predicted octanol–water partition coefficient (Wildman–Crippen LogP) is 2.26. The molecule has 1 aliphatic rings. The lowest BCUT2D eigenvalue weighted by Gasteiger charge is -2.06. The minimum Gasteiger partial charge on any atom is -0.369 e. The van der Waals surface area contributed by atoms with Gasteiger partial charge in [0.2, 0.25) is 17.8 Å². The van der Waals surface area contributed by atoms with Crippen molar-refractivity contribution in [3.8, 4) is 0 Å². The third-order valence-corrected chi connectivity index (χ3v) is 4.09. The Kier molecular flexibility index (Phi) is 5.90. The maximum absolute atomic E-state index is 12.1. The molecule has 0 spiro atoms. The van der Waals surface area contributed by atoms with Crippen LogP contribution >= 0.6 is 11.6 Å². The van der Waals surface area contributed by atoms with Crippen LogP contribution in [0.3, 0.4) is 0 Å². The number of rotatable bonds is 4. The number of anilines is 2. The monoisotopic (exact) mass is 398 g/mol. The Labute approximate surface area is 166 Å². The molecule has 0 aliphatic carbocycles. The van der Waals surface area contributed by atoms with Crippen molar-refractivity contribution in [1.29, 1.82) is 0 Å². The van der Waals surface area contributed by atoms with Gasteiger partial charge >= 0.3 is 0 Å². The second-order valence-corrected chi connectivity index (χ2v) is 6.64. The lowest BCUT2D eigenvalue weighted by atomic mass is 10.2. The van der Waals surface area contributed by atoms with Crippen LogP contribution < -0.4 is 21.7 Å². The van der Waals surface area contributed by atoms with Gasteiger partial charge in [-0.3, -0.25) is 14.9 Å². The molecular weight excluding hydrogens is 380 g/mol. The first-order valence-electron chi connectivity index (χ1n) is 8.51. The van der Waals surface area contributed by atoms with Crippen molar-refractivity contribution in [3.63, 3.8) is 0 Å². The van der Waals surface area contributed by atoms with Gasteiger partial charge in [-0.15, -0.1) is 0 Å². The predicted molar refractivity (Wildman–Crippen MR) is 110 cm³/mol. The van der Waals surface area contributed by atoms with Crippen LogP contribution in [0.1, 0.15) is 12.0 Å². The third-order valence-electron chi connectivity index (χ3n) is 3.84. The van der Waals surface area contributed by atoms with Crippen molar-refractivity contribution in [3.05, 3.63) is 59.1 Å². The summed E-state index contributed by atoms with van der Waals surface area (Å²) in [5.74, 6) is -0.612. The molecule has 0 saturated carbocycles. The second kappa shape index (κ2) is 8.53. The molecule has 0 aromatic heterocycles. The summed E-state index contributed by atoms with van der Waals surface area (Å²) in [5.41, 5.74) is 8.28. The number of carbonyl (C=O) groups is 2. The van der Waals surface area contributed by atoms with Crippen molar-refractivity contribution in [2.45, 2.75) is 19.4 Å². The summed E-state index contributed by atoms with van der Waals surface area (Å²) in [4.78, 5) is 32.4. The fourth-order valence-electron chi connectivity index (χ4n) is 2.56. The van der Waals surface area contributed by atoms with Crippen LogP contribution in [0.2, 0.25) is 5.02 Å². The highest BCUT2D eigenvalue weighted by Gasteiger charge is 2.28. The van der Waals surface area contributed by atoms with E-state index in [1.165, 1.54) is 0 Å². The van der Waals surface area contributed by atoms with Gasteiger partial charge in [0, 0.05) is 16.4 Å². The Morgan fingerprint density at radius 3 is 2.68 bits per heavy atom. The van der Waals surface area contributed by atoms with Crippen molar-refractivity contribution in [1.82, 2.24) is 5.32 Å². The normalized spacial score (nSPS) is 16.4. The highest BCUT2D eigenvalue weighted by atomic mass is 35.5. The van der Waals surface area contributed by atoms with Crippen LogP contribution in [0, 0.1) is 6.92 Å². The number of halogens is 1. The van der Waals surface area contributed by atoms with Crippen molar-refractivity contribution < 1.29 is 9.59 Å². The van der Waals surface area contributed by atoms with Gasteiger partial charge in [0.05, 0.1) is 6.42 Å². The van der Waals surface area contributed by atoms with E-state index in [0.29, 0.717) is 10.7 Å². The van der Waals surface area contributed by atoms with Gasteiger partial charge in [0.15, 0.2) is 0 Å². The number of aliphatic imine (C=N–C) groups is 2. The Hall–Kier alpha value is -3.39. The largest absolute Gasteiger partial charge is 0.369 e. The van der Waals surface area contributed by atoms with Crippen molar-refractivity contribution in [2.24, 2.45) is 15.7 Å². The molecule has 3 rings (SSSR count). The summed E-state index contributed by atoms with van der Waals surface area (Å²) in [6.45, 7) is 1.96. The van der Waals surface area contributed by atoms with Crippen LogP contribution in [-0.4, -0.2) is 29.8 Å². The van der Waals surface area contributed by atoms with Gasteiger partial charge in [-0.1, -0.05) is 23.7 Å². The Morgan fingerprint density at radius 2 is 1.96 bits per heavy atom. The van der Waals surface area contributed by atoms with Crippen LogP contribution in [-0.2, 0) is 9.59 Å². The number of nitrogens with zero attached hydrogens (tertiary/aromatic N) is 2. The number of amides is 2. The van der Waals surface area contributed by atoms with E-state index in [-0.39, 0.29) is 24.2 Å². The molecule has 2 aromatic carbocycles. The molecule has 0 bridgehead atoms. The molecule has 5 N–H and O–H groups in total. The maximum Gasteiger partial charge on any atom is 0.252 e. The fraction of sp³-hybridized carbons (Fsp3) is 0.158. The molecule has 9 heteroatoms. The Balaban J connectivity index is 1.60. The Morgan fingerprint density at radius 1 is 1.21 bits per heavy atom. The quantitative estimate of drug-likeness (QED) is 0.466. The topological polar surface area (TPSA) is 121 Å². The Bertz CT molecular complexity index is 955. The van der Waals surface area contributed by atoms with E-state index in [0.717, 1.165) is 11.3 Å². The summed E-state index contributed by atoms with van der Waals surface area (Å²) in [7, 11) is 0. The van der Waals surface area contributed by atoms with Gasteiger partial charge in [0.25, 0.3) is 5.91 Å². The van der Waals surface area contributed by atoms with E-state index in [2.05, 4.69) is 25.9 Å². The molecule has 144 valence electrons. The molecule has 1 aliphatic heterocycles. The average molecular weight is 399 g/mol. The standard InChI is InChI=1S/C19H19ClN6O2/c1-11-3-2-4-14(9-11)23-18(21)26-19-24-15(17(28)25-19)10-16(27)22-13-7-5-12(20)6-8-13/h2-9,15H,10H2,1H3,(H,22,27)(H4,21,23,24,25,26,28). The van der Waals surface area contributed by atoms with Crippen LogP contribution in [0.4, 0.5) is 11.4 Å². The summed E-state index contributed by atoms with van der Waals surface area (Å²) >= 11 is 5.81. The molecular formula is C19H19ClN6O2. The van der Waals surface area contributed by atoms with Crippen molar-refractivity contribution >= 4 is 46.7 Å². The molecule has 8 nitrogen and oxygen atoms in total. The fourth-order valence-corrected chi connectivity index (χ4v) is 2.69. The number of nitrogens with two attached hydrogens (primary N) is 1. The maximum atomic E-state index is 12.1. The second-order valence-electron chi connectivity index (χ2n) is 6.21. The number of aryl methyl sites for hydroxylation is 1. The zero-order chi connectivity index (χ0) is 20.1. The van der Waals surface area contributed by atoms with E-state index < -0.39 is 11.9 Å². The third kappa shape index (κ3) is 5.31. The molecule has 0 radical (unpaired) electrons. The first kappa shape index (κ1) is 19.4. The summed E-state index contributed by atoms with van der Waals surface area (Å²) < 4.78 is 0. The number of guanidine groups is 2. The zero-order valence-electron chi connectivity index (χ0n) is 15.1. The number of nitrogens with one attached hydrogen (secondary N) is 3. The first-order valence-corrected chi connectivity index (χ1v) is 8.89. The number of carbonyl (C=O) groups excluding carboxylic acids is 2. The minimum absolute atomic E-state index is 0.0620. The number of benzene rings is 2. The van der Waals surface area contributed by atoms with Crippen LogP contribution in [0.5, 0.6) is 0 Å². The lowest BCUT2D eigenvalue weighted by molar-refractivity contribution is -0.123. The van der Waals surface area contributed by atoms with Gasteiger partial charge in [-0.2, -0.15) is 4.99 Å². The smallest absolute Gasteiger partial charge is 0.252 e. The van der Waals surface area contributed by atoms with Gasteiger partial charge in [-0.25, -0.2) is 4.99 Å². The molecule has 2 amide bonds. The van der Waals surface area contributed by atoms with E-state index in [4.69, 9.17) is 17.3 Å². The van der Waals surface area contributed by atoms with Crippen LogP contribution in [0.25, 0.3) is 0 Å². The van der Waals surface area contributed by atoms with Gasteiger partial charge in [-0.05, 0) is 48.9 Å². The summed E-state index contributed by atoms with van der Waals surface area (Å²) in [5, 5.41) is 8.69. The molecule has 28 heavy (non-hydrogen) atoms. The lowest BCUT2D eigenvalue weighted by Crippen LogP contribution is -2.32. The van der Waals surface area contributed by atoms with Crippen molar-refractivity contribution in [2.75, 3.05) is 10.6 Å². The number of hydrogen-bond acceptors (Lipinski definition) is 4. The minimum atomic E-state index is -0.863.